The molecule has 0 aromatic carbocycles. The van der Waals surface area contributed by atoms with Crippen LogP contribution in [0.5, 0.6) is 0 Å². The van der Waals surface area contributed by atoms with Crippen molar-refractivity contribution in [2.75, 3.05) is 19.5 Å². The minimum absolute atomic E-state index is 0.214. The van der Waals surface area contributed by atoms with E-state index in [-0.39, 0.29) is 11.8 Å². The first-order valence-electron chi connectivity index (χ1n) is 6.63. The summed E-state index contributed by atoms with van der Waals surface area (Å²) in [6.45, 7) is 5.58. The van der Waals surface area contributed by atoms with Crippen LogP contribution in [0.4, 0.5) is 5.82 Å². The molecule has 106 valence electrons. The summed E-state index contributed by atoms with van der Waals surface area (Å²) in [6, 6.07) is 0. The highest BCUT2D eigenvalue weighted by molar-refractivity contribution is 5.92. The van der Waals surface area contributed by atoms with E-state index in [1.807, 2.05) is 11.5 Å². The van der Waals surface area contributed by atoms with Gasteiger partial charge in [0.2, 0.25) is 0 Å². The lowest BCUT2D eigenvalue weighted by atomic mass is 10.0. The molecule has 1 aliphatic rings. The molecule has 2 heterocycles. The van der Waals surface area contributed by atoms with Gasteiger partial charge in [0.15, 0.2) is 5.69 Å². The number of imidazole rings is 1. The molecule has 2 N–H and O–H groups in total. The zero-order valence-corrected chi connectivity index (χ0v) is 11.7. The second-order valence-corrected chi connectivity index (χ2v) is 4.84. The summed E-state index contributed by atoms with van der Waals surface area (Å²) >= 11 is 0. The van der Waals surface area contributed by atoms with Crippen LogP contribution in [0.2, 0.25) is 0 Å². The van der Waals surface area contributed by atoms with E-state index < -0.39 is 5.97 Å². The van der Waals surface area contributed by atoms with Crippen LogP contribution in [0, 0.1) is 5.92 Å². The number of anilines is 1. The van der Waals surface area contributed by atoms with Crippen LogP contribution >= 0.6 is 0 Å². The van der Waals surface area contributed by atoms with E-state index in [0.29, 0.717) is 11.7 Å². The molecule has 0 aliphatic carbocycles. The monoisotopic (exact) mass is 267 g/mol. The van der Waals surface area contributed by atoms with Crippen molar-refractivity contribution < 1.29 is 14.3 Å². The number of nitrogens with zero attached hydrogens (tertiary/aromatic N) is 2. The third-order valence-corrected chi connectivity index (χ3v) is 3.73. The molecule has 0 saturated carbocycles. The normalized spacial score (nSPS) is 22.7. The van der Waals surface area contributed by atoms with E-state index in [9.17, 15) is 4.79 Å². The Hall–Kier alpha value is -1.56. The highest BCUT2D eigenvalue weighted by Gasteiger charge is 2.28. The second kappa shape index (κ2) is 5.61. The Balaban J connectivity index is 2.28. The van der Waals surface area contributed by atoms with Crippen molar-refractivity contribution in [2.24, 2.45) is 5.92 Å². The molecule has 1 aromatic rings. The number of rotatable bonds is 4. The van der Waals surface area contributed by atoms with Gasteiger partial charge in [-0.2, -0.15) is 0 Å². The van der Waals surface area contributed by atoms with Crippen LogP contribution in [0.25, 0.3) is 0 Å². The maximum Gasteiger partial charge on any atom is 0.360 e. The molecule has 1 fully saturated rings. The summed E-state index contributed by atoms with van der Waals surface area (Å²) in [5, 5.41) is 0. The van der Waals surface area contributed by atoms with Crippen molar-refractivity contribution in [3.8, 4) is 0 Å². The van der Waals surface area contributed by atoms with E-state index in [1.165, 1.54) is 7.11 Å². The maximum atomic E-state index is 11.6. The first kappa shape index (κ1) is 13.9. The van der Waals surface area contributed by atoms with E-state index in [1.54, 1.807) is 0 Å². The molecule has 6 heteroatoms. The lowest BCUT2D eigenvalue weighted by Gasteiger charge is -2.17. The van der Waals surface area contributed by atoms with Gasteiger partial charge < -0.3 is 19.8 Å². The summed E-state index contributed by atoms with van der Waals surface area (Å²) in [5.41, 5.74) is 6.25. The zero-order valence-electron chi connectivity index (χ0n) is 11.7. The van der Waals surface area contributed by atoms with Gasteiger partial charge in [0, 0.05) is 25.5 Å². The van der Waals surface area contributed by atoms with Gasteiger partial charge in [-0.1, -0.05) is 6.92 Å². The molecular weight excluding hydrogens is 246 g/mol. The van der Waals surface area contributed by atoms with Crippen molar-refractivity contribution in [3.63, 3.8) is 0 Å². The molecular formula is C13H21N3O3. The van der Waals surface area contributed by atoms with Crippen molar-refractivity contribution in [3.05, 3.63) is 11.5 Å². The first-order chi connectivity index (χ1) is 9.08. The lowest BCUT2D eigenvalue weighted by molar-refractivity contribution is 0.0595. The fraction of sp³-hybridized carbons (Fsp3) is 0.692. The second-order valence-electron chi connectivity index (χ2n) is 4.84. The smallest absolute Gasteiger partial charge is 0.360 e. The van der Waals surface area contributed by atoms with Crippen LogP contribution in [0.3, 0.4) is 0 Å². The highest BCUT2D eigenvalue weighted by Crippen LogP contribution is 2.25. The molecule has 1 aromatic heterocycles. The number of aromatic nitrogens is 2. The summed E-state index contributed by atoms with van der Waals surface area (Å²) in [5.74, 6) is 1.13. The predicted octanol–water partition coefficient (Wildman–Crippen LogP) is 1.24. The number of aryl methyl sites for hydroxylation is 1. The number of ether oxygens (including phenoxy) is 2. The number of carbonyl (C=O) groups excluding carboxylic acids is 1. The topological polar surface area (TPSA) is 79.4 Å². The summed E-state index contributed by atoms with van der Waals surface area (Å²) in [7, 11) is 1.33. The van der Waals surface area contributed by atoms with Gasteiger partial charge in [-0.15, -0.1) is 0 Å². The fourth-order valence-electron chi connectivity index (χ4n) is 2.48. The molecule has 6 nitrogen and oxygen atoms in total. The molecule has 0 spiro atoms. The molecule has 1 saturated heterocycles. The molecule has 2 rings (SSSR count). The van der Waals surface area contributed by atoms with Crippen molar-refractivity contribution in [1.29, 1.82) is 0 Å². The number of nitrogen functional groups attached to an aromatic ring is 1. The molecule has 0 bridgehead atoms. The average Bonchev–Trinajstić information content (AvgIpc) is 2.95. The van der Waals surface area contributed by atoms with Crippen LogP contribution in [-0.2, 0) is 22.4 Å². The Labute approximate surface area is 112 Å². The largest absolute Gasteiger partial charge is 0.464 e. The Bertz CT molecular complexity index is 470. The van der Waals surface area contributed by atoms with Gasteiger partial charge >= 0.3 is 5.97 Å². The minimum atomic E-state index is -0.485. The molecule has 1 aliphatic heterocycles. The van der Waals surface area contributed by atoms with Gasteiger partial charge in [0.05, 0.1) is 13.2 Å². The summed E-state index contributed by atoms with van der Waals surface area (Å²) < 4.78 is 12.2. The summed E-state index contributed by atoms with van der Waals surface area (Å²) in [6.07, 6.45) is 1.95. The Morgan fingerprint density at radius 1 is 1.63 bits per heavy atom. The van der Waals surface area contributed by atoms with Gasteiger partial charge in [-0.25, -0.2) is 9.78 Å². The van der Waals surface area contributed by atoms with E-state index in [4.69, 9.17) is 15.2 Å². The van der Waals surface area contributed by atoms with Crippen LogP contribution < -0.4 is 5.73 Å². The lowest BCUT2D eigenvalue weighted by Crippen LogP contribution is -2.20. The van der Waals surface area contributed by atoms with Crippen molar-refractivity contribution >= 4 is 11.8 Å². The standard InChI is InChI=1S/C13H21N3O3/c1-4-10-15-11(13(17)18-3)12(14)16(10)7-9-5-6-19-8(9)2/h8-9H,4-7,14H2,1-3H3. The Morgan fingerprint density at radius 2 is 2.37 bits per heavy atom. The molecule has 0 amide bonds. The molecule has 2 unspecified atom stereocenters. The van der Waals surface area contributed by atoms with Gasteiger partial charge in [0.25, 0.3) is 0 Å². The van der Waals surface area contributed by atoms with Crippen molar-refractivity contribution in [1.82, 2.24) is 9.55 Å². The average molecular weight is 267 g/mol. The number of hydrogen-bond acceptors (Lipinski definition) is 5. The first-order valence-corrected chi connectivity index (χ1v) is 6.63. The maximum absolute atomic E-state index is 11.6. The highest BCUT2D eigenvalue weighted by atomic mass is 16.5. The number of methoxy groups -OCH3 is 1. The van der Waals surface area contributed by atoms with E-state index >= 15 is 0 Å². The molecule has 19 heavy (non-hydrogen) atoms. The SMILES string of the molecule is CCc1nc(C(=O)OC)c(N)n1CC1CCOC1C. The summed E-state index contributed by atoms with van der Waals surface area (Å²) in [4.78, 5) is 15.9. The van der Waals surface area contributed by atoms with Gasteiger partial charge in [0.1, 0.15) is 11.6 Å². The van der Waals surface area contributed by atoms with Crippen LogP contribution in [0.15, 0.2) is 0 Å². The number of esters is 1. The predicted molar refractivity (Wildman–Crippen MR) is 70.9 cm³/mol. The third-order valence-electron chi connectivity index (χ3n) is 3.73. The zero-order chi connectivity index (χ0) is 14.0. The van der Waals surface area contributed by atoms with Crippen LogP contribution in [-0.4, -0.2) is 35.3 Å². The van der Waals surface area contributed by atoms with E-state index in [2.05, 4.69) is 11.9 Å². The fourth-order valence-corrected chi connectivity index (χ4v) is 2.48. The quantitative estimate of drug-likeness (QED) is 0.830. The Kier molecular flexibility index (Phi) is 4.09. The van der Waals surface area contributed by atoms with Crippen LogP contribution in [0.1, 0.15) is 36.6 Å². The number of nitrogens with two attached hydrogens (primary N) is 1. The molecule has 0 radical (unpaired) electrons. The van der Waals surface area contributed by atoms with Gasteiger partial charge in [-0.3, -0.25) is 0 Å². The Morgan fingerprint density at radius 3 is 2.89 bits per heavy atom. The van der Waals surface area contributed by atoms with Crippen molar-refractivity contribution in [2.45, 2.75) is 39.3 Å². The van der Waals surface area contributed by atoms with Gasteiger partial charge in [-0.05, 0) is 13.3 Å². The number of carbonyl (C=O) groups is 1. The minimum Gasteiger partial charge on any atom is -0.464 e. The van der Waals surface area contributed by atoms with E-state index in [0.717, 1.165) is 31.8 Å². The molecule has 2 atom stereocenters. The third kappa shape index (κ3) is 2.58. The number of hydrogen-bond donors (Lipinski definition) is 1.